The molecular formula is C13H21N3OS. The van der Waals surface area contributed by atoms with Crippen LogP contribution in [0.2, 0.25) is 0 Å². The molecule has 0 aromatic carbocycles. The normalized spacial score (nSPS) is 12.5. The molecule has 0 saturated heterocycles. The van der Waals surface area contributed by atoms with Gasteiger partial charge in [-0.2, -0.15) is 0 Å². The summed E-state index contributed by atoms with van der Waals surface area (Å²) in [6, 6.07) is 4.18. The third-order valence-corrected chi connectivity index (χ3v) is 3.04. The third kappa shape index (κ3) is 4.58. The maximum absolute atomic E-state index is 5.56. The second kappa shape index (κ2) is 6.66. The van der Waals surface area contributed by atoms with Gasteiger partial charge in [-0.25, -0.2) is 0 Å². The van der Waals surface area contributed by atoms with E-state index in [9.17, 15) is 0 Å². The van der Waals surface area contributed by atoms with Crippen LogP contribution >= 0.6 is 12.2 Å². The van der Waals surface area contributed by atoms with Crippen molar-refractivity contribution in [3.8, 4) is 5.75 Å². The molecule has 100 valence electrons. The molecule has 0 radical (unpaired) electrons. The Morgan fingerprint density at radius 1 is 1.56 bits per heavy atom. The lowest BCUT2D eigenvalue weighted by atomic mass is 10.2. The average molecular weight is 267 g/mol. The number of rotatable bonds is 6. The van der Waals surface area contributed by atoms with E-state index in [1.54, 1.807) is 7.11 Å². The largest absolute Gasteiger partial charge is 0.497 e. The van der Waals surface area contributed by atoms with Gasteiger partial charge in [0.25, 0.3) is 0 Å². The Hall–Kier alpha value is -1.20. The molecule has 1 heterocycles. The Morgan fingerprint density at radius 2 is 2.22 bits per heavy atom. The molecule has 0 bridgehead atoms. The summed E-state index contributed by atoms with van der Waals surface area (Å²) in [7, 11) is 3.71. The van der Waals surface area contributed by atoms with Gasteiger partial charge in [-0.1, -0.05) is 12.2 Å². The van der Waals surface area contributed by atoms with Crippen LogP contribution in [0.1, 0.15) is 24.7 Å². The van der Waals surface area contributed by atoms with Crippen LogP contribution in [-0.2, 0) is 6.54 Å². The van der Waals surface area contributed by atoms with Gasteiger partial charge in [-0.15, -0.1) is 0 Å². The molecule has 1 aromatic rings. The van der Waals surface area contributed by atoms with E-state index in [2.05, 4.69) is 16.8 Å². The fourth-order valence-corrected chi connectivity index (χ4v) is 2.00. The van der Waals surface area contributed by atoms with Gasteiger partial charge in [0.05, 0.1) is 17.8 Å². The first-order valence-corrected chi connectivity index (χ1v) is 6.33. The minimum absolute atomic E-state index is 0.302. The molecule has 2 N–H and O–H groups in total. The predicted molar refractivity (Wildman–Crippen MR) is 77.9 cm³/mol. The first kappa shape index (κ1) is 14.9. The van der Waals surface area contributed by atoms with Gasteiger partial charge >= 0.3 is 0 Å². The molecule has 5 heteroatoms. The van der Waals surface area contributed by atoms with E-state index in [1.807, 2.05) is 26.1 Å². The van der Waals surface area contributed by atoms with Crippen molar-refractivity contribution in [3.05, 3.63) is 23.5 Å². The minimum Gasteiger partial charge on any atom is -0.497 e. The summed E-state index contributed by atoms with van der Waals surface area (Å²) in [5, 5.41) is 0. The van der Waals surface area contributed by atoms with Crippen LogP contribution in [0, 0.1) is 6.92 Å². The number of ether oxygens (including phenoxy) is 1. The van der Waals surface area contributed by atoms with Gasteiger partial charge in [-0.3, -0.25) is 9.88 Å². The Morgan fingerprint density at radius 3 is 2.78 bits per heavy atom. The van der Waals surface area contributed by atoms with Crippen molar-refractivity contribution in [2.75, 3.05) is 14.2 Å². The van der Waals surface area contributed by atoms with E-state index in [0.717, 1.165) is 30.1 Å². The zero-order valence-corrected chi connectivity index (χ0v) is 12.3. The van der Waals surface area contributed by atoms with Crippen molar-refractivity contribution in [1.29, 1.82) is 0 Å². The molecule has 0 amide bonds. The monoisotopic (exact) mass is 267 g/mol. The highest BCUT2D eigenvalue weighted by atomic mass is 32.1. The van der Waals surface area contributed by atoms with E-state index in [0.29, 0.717) is 11.0 Å². The maximum Gasteiger partial charge on any atom is 0.122 e. The predicted octanol–water partition coefficient (Wildman–Crippen LogP) is 1.90. The summed E-state index contributed by atoms with van der Waals surface area (Å²) < 4.78 is 5.24. The number of aromatic nitrogens is 1. The number of hydrogen-bond acceptors (Lipinski definition) is 4. The molecule has 0 aliphatic heterocycles. The van der Waals surface area contributed by atoms with Crippen LogP contribution in [-0.4, -0.2) is 35.1 Å². The van der Waals surface area contributed by atoms with Gasteiger partial charge < -0.3 is 10.5 Å². The highest BCUT2D eigenvalue weighted by Crippen LogP contribution is 2.15. The van der Waals surface area contributed by atoms with Crippen molar-refractivity contribution in [1.82, 2.24) is 9.88 Å². The molecule has 1 aromatic heterocycles. The topological polar surface area (TPSA) is 51.4 Å². The summed E-state index contributed by atoms with van der Waals surface area (Å²) >= 11 is 4.93. The fraction of sp³-hybridized carbons (Fsp3) is 0.538. The molecule has 18 heavy (non-hydrogen) atoms. The van der Waals surface area contributed by atoms with Crippen LogP contribution in [0.15, 0.2) is 12.1 Å². The molecule has 0 aliphatic carbocycles. The van der Waals surface area contributed by atoms with E-state index < -0.39 is 0 Å². The SMILES string of the molecule is COc1cc(C)nc(CN(C)C(C)CC(N)=S)c1. The summed E-state index contributed by atoms with van der Waals surface area (Å²) in [6.07, 6.45) is 0.717. The summed E-state index contributed by atoms with van der Waals surface area (Å²) in [5.41, 5.74) is 7.51. The van der Waals surface area contributed by atoms with Crippen molar-refractivity contribution in [3.63, 3.8) is 0 Å². The fourth-order valence-electron chi connectivity index (χ4n) is 1.76. The van der Waals surface area contributed by atoms with Crippen LogP contribution in [0.3, 0.4) is 0 Å². The van der Waals surface area contributed by atoms with Crippen molar-refractivity contribution < 1.29 is 4.74 Å². The van der Waals surface area contributed by atoms with Gasteiger partial charge in [0, 0.05) is 36.8 Å². The van der Waals surface area contributed by atoms with E-state index in [4.69, 9.17) is 22.7 Å². The van der Waals surface area contributed by atoms with Crippen LogP contribution in [0.25, 0.3) is 0 Å². The summed E-state index contributed by atoms with van der Waals surface area (Å²) in [4.78, 5) is 7.22. The third-order valence-electron chi connectivity index (χ3n) is 2.88. The number of methoxy groups -OCH3 is 1. The van der Waals surface area contributed by atoms with Crippen LogP contribution < -0.4 is 10.5 Å². The number of nitrogens with zero attached hydrogens (tertiary/aromatic N) is 2. The number of pyridine rings is 1. The number of thiocarbonyl (C=S) groups is 1. The lowest BCUT2D eigenvalue weighted by Crippen LogP contribution is -2.32. The molecule has 1 atom stereocenters. The molecular weight excluding hydrogens is 246 g/mol. The van der Waals surface area contributed by atoms with E-state index in [1.165, 1.54) is 0 Å². The zero-order chi connectivity index (χ0) is 13.7. The quantitative estimate of drug-likeness (QED) is 0.798. The number of nitrogens with two attached hydrogens (primary N) is 1. The summed E-state index contributed by atoms with van der Waals surface area (Å²) in [5.74, 6) is 0.841. The number of aryl methyl sites for hydroxylation is 1. The average Bonchev–Trinajstić information content (AvgIpc) is 2.27. The molecule has 4 nitrogen and oxygen atoms in total. The standard InChI is InChI=1S/C13H21N3OS/c1-9-5-12(17-4)7-11(15-9)8-16(3)10(2)6-13(14)18/h5,7,10H,6,8H2,1-4H3,(H2,14,18). The molecule has 0 saturated carbocycles. The second-order valence-corrected chi connectivity index (χ2v) is 5.10. The molecule has 0 aliphatic rings. The lowest BCUT2D eigenvalue weighted by Gasteiger charge is -2.24. The van der Waals surface area contributed by atoms with Crippen molar-refractivity contribution in [2.45, 2.75) is 32.9 Å². The Kier molecular flexibility index (Phi) is 5.50. The summed E-state index contributed by atoms with van der Waals surface area (Å²) in [6.45, 7) is 4.82. The maximum atomic E-state index is 5.56. The first-order chi connectivity index (χ1) is 8.42. The molecule has 1 unspecified atom stereocenters. The van der Waals surface area contributed by atoms with Crippen LogP contribution in [0.5, 0.6) is 5.75 Å². The van der Waals surface area contributed by atoms with Crippen molar-refractivity contribution in [2.24, 2.45) is 5.73 Å². The molecule has 1 rings (SSSR count). The molecule has 0 fully saturated rings. The first-order valence-electron chi connectivity index (χ1n) is 5.92. The van der Waals surface area contributed by atoms with Gasteiger partial charge in [0.1, 0.15) is 5.75 Å². The Balaban J connectivity index is 2.71. The zero-order valence-electron chi connectivity index (χ0n) is 11.4. The van der Waals surface area contributed by atoms with E-state index in [-0.39, 0.29) is 0 Å². The smallest absolute Gasteiger partial charge is 0.122 e. The van der Waals surface area contributed by atoms with Gasteiger partial charge in [-0.05, 0) is 20.9 Å². The highest BCUT2D eigenvalue weighted by molar-refractivity contribution is 7.80. The van der Waals surface area contributed by atoms with Gasteiger partial charge in [0.15, 0.2) is 0 Å². The molecule has 0 spiro atoms. The van der Waals surface area contributed by atoms with Crippen molar-refractivity contribution >= 4 is 17.2 Å². The Labute approximate surface area is 114 Å². The lowest BCUT2D eigenvalue weighted by molar-refractivity contribution is 0.252. The van der Waals surface area contributed by atoms with E-state index >= 15 is 0 Å². The Bertz CT molecular complexity index is 423. The highest BCUT2D eigenvalue weighted by Gasteiger charge is 2.12. The second-order valence-electron chi connectivity index (χ2n) is 4.57. The van der Waals surface area contributed by atoms with Crippen LogP contribution in [0.4, 0.5) is 0 Å². The minimum atomic E-state index is 0.302. The van der Waals surface area contributed by atoms with Gasteiger partial charge in [0.2, 0.25) is 0 Å². The number of hydrogen-bond donors (Lipinski definition) is 1.